The summed E-state index contributed by atoms with van der Waals surface area (Å²) in [7, 11) is -3.33. The average molecular weight is 287 g/mol. The maximum atomic E-state index is 12.6. The van der Waals surface area contributed by atoms with Crippen LogP contribution in [0.5, 0.6) is 0 Å². The molecule has 4 rings (SSSR count). The molecule has 2 fully saturated rings. The Kier molecular flexibility index (Phi) is 2.40. The zero-order valence-corrected chi connectivity index (χ0v) is 12.3. The van der Waals surface area contributed by atoms with Crippen molar-refractivity contribution in [2.24, 2.45) is 5.92 Å². The van der Waals surface area contributed by atoms with E-state index in [4.69, 9.17) is 0 Å². The molecule has 104 valence electrons. The minimum absolute atomic E-state index is 0.302. The van der Waals surface area contributed by atoms with E-state index in [9.17, 15) is 8.42 Å². The molecule has 1 aliphatic carbocycles. The van der Waals surface area contributed by atoms with Crippen molar-refractivity contribution in [3.05, 3.63) is 29.8 Å². The molecule has 0 spiro atoms. The molecule has 0 amide bonds. The van der Waals surface area contributed by atoms with E-state index in [1.165, 1.54) is 0 Å². The van der Waals surface area contributed by atoms with Crippen LogP contribution in [0.1, 0.15) is 37.7 Å². The summed E-state index contributed by atoms with van der Waals surface area (Å²) in [4.78, 5) is 0.496. The first kappa shape index (κ1) is 12.4. The zero-order valence-electron chi connectivity index (χ0n) is 11.5. The smallest absolute Gasteiger partial charge is 0.207 e. The fourth-order valence-corrected chi connectivity index (χ4v) is 5.82. The summed E-state index contributed by atoms with van der Waals surface area (Å²) in [5.41, 5.74) is 0.594. The van der Waals surface area contributed by atoms with Crippen LogP contribution in [0.3, 0.4) is 0 Å². The fourth-order valence-electron chi connectivity index (χ4n) is 3.79. The van der Waals surface area contributed by atoms with Crippen LogP contribution in [0, 0.1) is 17.8 Å². The molecule has 0 N–H and O–H groups in total. The van der Waals surface area contributed by atoms with Crippen LogP contribution in [-0.2, 0) is 10.0 Å². The second-order valence-electron chi connectivity index (χ2n) is 5.89. The molecular weight excluding hydrogens is 270 g/mol. The summed E-state index contributed by atoms with van der Waals surface area (Å²) >= 11 is 0. The molecule has 3 atom stereocenters. The van der Waals surface area contributed by atoms with E-state index in [1.807, 2.05) is 12.1 Å². The zero-order chi connectivity index (χ0) is 14.0. The van der Waals surface area contributed by atoms with Crippen molar-refractivity contribution >= 4 is 10.0 Å². The largest absolute Gasteiger partial charge is 0.244 e. The summed E-state index contributed by atoms with van der Waals surface area (Å²) in [6, 6.07) is 7.42. The van der Waals surface area contributed by atoms with Crippen molar-refractivity contribution in [3.8, 4) is 11.8 Å². The van der Waals surface area contributed by atoms with Gasteiger partial charge in [0.1, 0.15) is 5.54 Å². The minimum Gasteiger partial charge on any atom is -0.207 e. The van der Waals surface area contributed by atoms with Crippen LogP contribution in [-0.4, -0.2) is 24.8 Å². The highest BCUT2D eigenvalue weighted by atomic mass is 32.2. The maximum Gasteiger partial charge on any atom is 0.244 e. The Morgan fingerprint density at radius 1 is 1.40 bits per heavy atom. The maximum absolute atomic E-state index is 12.6. The van der Waals surface area contributed by atoms with Gasteiger partial charge in [-0.1, -0.05) is 37.5 Å². The molecule has 0 bridgehead atoms. The van der Waals surface area contributed by atoms with Gasteiger partial charge in [-0.25, -0.2) is 8.42 Å². The topological polar surface area (TPSA) is 37.4 Å². The number of rotatable bonds is 2. The lowest BCUT2D eigenvalue weighted by atomic mass is 10.0. The van der Waals surface area contributed by atoms with Crippen molar-refractivity contribution in [2.45, 2.75) is 42.5 Å². The van der Waals surface area contributed by atoms with Crippen molar-refractivity contribution in [1.29, 1.82) is 0 Å². The first-order valence-electron chi connectivity index (χ1n) is 7.26. The number of hydrogen-bond donors (Lipinski definition) is 0. The Morgan fingerprint density at radius 3 is 3.00 bits per heavy atom. The monoisotopic (exact) mass is 287 g/mol. The molecule has 4 heteroatoms. The van der Waals surface area contributed by atoms with Gasteiger partial charge >= 0.3 is 0 Å². The van der Waals surface area contributed by atoms with E-state index >= 15 is 0 Å². The molecule has 1 saturated heterocycles. The number of fused-ring (bicyclic) bond motifs is 3. The first-order chi connectivity index (χ1) is 9.64. The van der Waals surface area contributed by atoms with Gasteiger partial charge in [-0.15, -0.1) is 5.92 Å². The standard InChI is InChI=1S/C16H17NO2S/c1-2-3-4-7-10-16-13-11-17(16)20(18,19)14-9-6-5-8-12(14)15(13)16/h5-6,8-9,13,15H,2-4,11H2,1H3/t13-,15+,16-/m0/s1. The highest BCUT2D eigenvalue weighted by Gasteiger charge is 2.81. The fraction of sp³-hybridized carbons (Fsp3) is 0.500. The van der Waals surface area contributed by atoms with Crippen molar-refractivity contribution in [3.63, 3.8) is 0 Å². The third-order valence-corrected chi connectivity index (χ3v) is 6.83. The molecule has 1 saturated carbocycles. The number of benzene rings is 1. The lowest BCUT2D eigenvalue weighted by molar-refractivity contribution is 0.236. The average Bonchev–Trinajstić information content (AvgIpc) is 2.96. The lowest BCUT2D eigenvalue weighted by Crippen LogP contribution is -2.53. The van der Waals surface area contributed by atoms with Crippen LogP contribution in [0.4, 0.5) is 0 Å². The summed E-state index contributed by atoms with van der Waals surface area (Å²) < 4.78 is 26.9. The number of nitrogens with zero attached hydrogens (tertiary/aromatic N) is 1. The van der Waals surface area contributed by atoms with Gasteiger partial charge in [0.15, 0.2) is 0 Å². The second kappa shape index (κ2) is 3.87. The molecule has 2 heterocycles. The predicted octanol–water partition coefficient (Wildman–Crippen LogP) is 2.35. The van der Waals surface area contributed by atoms with E-state index in [-0.39, 0.29) is 5.54 Å². The van der Waals surface area contributed by atoms with Gasteiger partial charge in [-0.05, 0) is 18.1 Å². The van der Waals surface area contributed by atoms with Crippen LogP contribution in [0.25, 0.3) is 0 Å². The molecule has 3 nitrogen and oxygen atoms in total. The van der Waals surface area contributed by atoms with Gasteiger partial charge in [0, 0.05) is 24.8 Å². The normalized spacial score (nSPS) is 35.0. The van der Waals surface area contributed by atoms with Gasteiger partial charge in [0.25, 0.3) is 0 Å². The minimum atomic E-state index is -3.33. The highest BCUT2D eigenvalue weighted by molar-refractivity contribution is 7.89. The predicted molar refractivity (Wildman–Crippen MR) is 76.6 cm³/mol. The molecule has 3 aliphatic rings. The molecule has 0 unspecified atom stereocenters. The number of unbranched alkanes of at least 4 members (excludes halogenated alkanes) is 2. The third kappa shape index (κ3) is 1.28. The van der Waals surface area contributed by atoms with Gasteiger partial charge in [0.05, 0.1) is 4.90 Å². The van der Waals surface area contributed by atoms with Crippen molar-refractivity contribution in [2.75, 3.05) is 6.54 Å². The Labute approximate surface area is 120 Å². The Bertz CT molecular complexity index is 743. The molecule has 0 radical (unpaired) electrons. The van der Waals surface area contributed by atoms with E-state index in [0.717, 1.165) is 24.8 Å². The molecule has 20 heavy (non-hydrogen) atoms. The van der Waals surface area contributed by atoms with Crippen LogP contribution in [0.2, 0.25) is 0 Å². The summed E-state index contributed by atoms with van der Waals surface area (Å²) in [5, 5.41) is 0. The SMILES string of the molecule is CCCCC#C[C@]12[C@@H]3c4ccccc4S(=O)(=O)N1C[C@@H]32. The second-order valence-corrected chi connectivity index (χ2v) is 7.72. The summed E-state index contributed by atoms with van der Waals surface area (Å²) in [6.07, 6.45) is 3.08. The van der Waals surface area contributed by atoms with Crippen molar-refractivity contribution in [1.82, 2.24) is 4.31 Å². The van der Waals surface area contributed by atoms with E-state index in [1.54, 1.807) is 16.4 Å². The Balaban J connectivity index is 1.77. The first-order valence-corrected chi connectivity index (χ1v) is 8.70. The molecule has 2 aliphatic heterocycles. The molecule has 0 aromatic heterocycles. The van der Waals surface area contributed by atoms with Crippen LogP contribution >= 0.6 is 0 Å². The Hall–Kier alpha value is -1.31. The summed E-state index contributed by atoms with van der Waals surface area (Å²) in [5.74, 6) is 7.23. The van der Waals surface area contributed by atoms with E-state index < -0.39 is 10.0 Å². The molecule has 1 aromatic rings. The Morgan fingerprint density at radius 2 is 2.20 bits per heavy atom. The van der Waals surface area contributed by atoms with Gasteiger partial charge in [-0.2, -0.15) is 4.31 Å². The van der Waals surface area contributed by atoms with Crippen LogP contribution in [0.15, 0.2) is 29.2 Å². The van der Waals surface area contributed by atoms with Gasteiger partial charge in [0.2, 0.25) is 10.0 Å². The molecular formula is C16H17NO2S. The highest BCUT2D eigenvalue weighted by Crippen LogP contribution is 2.72. The van der Waals surface area contributed by atoms with Gasteiger partial charge in [-0.3, -0.25) is 0 Å². The lowest BCUT2D eigenvalue weighted by Gasteiger charge is -2.38. The van der Waals surface area contributed by atoms with Crippen LogP contribution < -0.4 is 0 Å². The third-order valence-electron chi connectivity index (χ3n) is 4.87. The van der Waals surface area contributed by atoms with Crippen molar-refractivity contribution < 1.29 is 8.42 Å². The van der Waals surface area contributed by atoms with E-state index in [2.05, 4.69) is 18.8 Å². The quantitative estimate of drug-likeness (QED) is 0.618. The number of hydrogen-bond acceptors (Lipinski definition) is 2. The molecule has 1 aromatic carbocycles. The number of sulfonamides is 1. The van der Waals surface area contributed by atoms with Gasteiger partial charge < -0.3 is 0 Å². The van der Waals surface area contributed by atoms with E-state index in [0.29, 0.717) is 23.3 Å². The summed E-state index contributed by atoms with van der Waals surface area (Å²) in [6.45, 7) is 2.78.